The first-order chi connectivity index (χ1) is 15.9. The predicted molar refractivity (Wildman–Crippen MR) is 127 cm³/mol. The molecule has 0 N–H and O–H groups in total. The van der Waals surface area contributed by atoms with Crippen LogP contribution in [0.4, 0.5) is 0 Å². The molecule has 0 heterocycles. The molecule has 0 spiro atoms. The summed E-state index contributed by atoms with van der Waals surface area (Å²) in [6.45, 7) is 13.9. The van der Waals surface area contributed by atoms with Crippen molar-refractivity contribution >= 4 is 17.9 Å². The zero-order valence-electron chi connectivity index (χ0n) is 22.1. The van der Waals surface area contributed by atoms with Crippen molar-refractivity contribution in [2.24, 2.45) is 46.3 Å². The van der Waals surface area contributed by atoms with Gasteiger partial charge in [0.1, 0.15) is 18.3 Å². The van der Waals surface area contributed by atoms with Gasteiger partial charge in [-0.15, -0.1) is 0 Å². The Hall–Kier alpha value is -1.59. The van der Waals surface area contributed by atoms with E-state index >= 15 is 0 Å². The summed E-state index contributed by atoms with van der Waals surface area (Å²) in [6.07, 6.45) is 5.86. The Morgan fingerprint density at radius 2 is 1.26 bits per heavy atom. The van der Waals surface area contributed by atoms with Gasteiger partial charge in [0, 0.05) is 26.7 Å². The number of carbonyl (C=O) groups is 3. The molecule has 4 aliphatic carbocycles. The van der Waals surface area contributed by atoms with Crippen molar-refractivity contribution in [2.45, 2.75) is 112 Å². The normalized spacial score (nSPS) is 45.5. The number of hydrogen-bond donors (Lipinski definition) is 0. The monoisotopic (exact) mass is 476 g/mol. The molecular weight excluding hydrogens is 432 g/mol. The van der Waals surface area contributed by atoms with E-state index in [1.54, 1.807) is 0 Å². The average Bonchev–Trinajstić information content (AvgIpc) is 3.05. The van der Waals surface area contributed by atoms with Crippen LogP contribution in [0.25, 0.3) is 0 Å². The molecule has 0 aromatic heterocycles. The highest BCUT2D eigenvalue weighted by Crippen LogP contribution is 2.68. The van der Waals surface area contributed by atoms with Gasteiger partial charge in [0.05, 0.1) is 0 Å². The maximum atomic E-state index is 12.2. The van der Waals surface area contributed by atoms with Crippen molar-refractivity contribution < 1.29 is 28.6 Å². The summed E-state index contributed by atoms with van der Waals surface area (Å²) in [4.78, 5) is 36.0. The lowest BCUT2D eigenvalue weighted by atomic mass is 9.43. The molecule has 10 atom stereocenters. The first kappa shape index (κ1) is 25.5. The number of ether oxygens (including phenoxy) is 3. The highest BCUT2D eigenvalue weighted by molar-refractivity contribution is 5.67. The summed E-state index contributed by atoms with van der Waals surface area (Å²) in [5.41, 5.74) is 0.195. The minimum Gasteiger partial charge on any atom is -0.462 e. The molecular formula is C28H44O6. The molecule has 6 heteroatoms. The standard InChI is InChI=1S/C28H44O6/c1-15(2)20-8-9-21-19-12-24(32-16(3)29)23-13-25(33-17(4)30)26(34-18(5)31)14-28(23,7)22(19)10-11-27(20,21)6/h15,19-26H,8-14H2,1-7H3/t19?,20?,21?,22?,23?,24-,25-,26-,27?,28?/m0/s1. The quantitative estimate of drug-likeness (QED) is 0.404. The lowest BCUT2D eigenvalue weighted by molar-refractivity contribution is -0.219. The topological polar surface area (TPSA) is 78.9 Å². The van der Waals surface area contributed by atoms with E-state index in [0.29, 0.717) is 41.9 Å². The van der Waals surface area contributed by atoms with Crippen molar-refractivity contribution in [2.75, 3.05) is 0 Å². The number of rotatable bonds is 4. The van der Waals surface area contributed by atoms with Crippen LogP contribution in [0.1, 0.15) is 93.4 Å². The molecule has 0 bridgehead atoms. The molecule has 4 rings (SSSR count). The molecule has 0 saturated heterocycles. The average molecular weight is 477 g/mol. The van der Waals surface area contributed by atoms with Crippen LogP contribution in [-0.2, 0) is 28.6 Å². The summed E-state index contributed by atoms with van der Waals surface area (Å²) >= 11 is 0. The Morgan fingerprint density at radius 3 is 1.85 bits per heavy atom. The fourth-order valence-corrected chi connectivity index (χ4v) is 9.40. The zero-order chi connectivity index (χ0) is 25.0. The van der Waals surface area contributed by atoms with E-state index in [-0.39, 0.29) is 35.3 Å². The Bertz CT molecular complexity index is 822. The summed E-state index contributed by atoms with van der Waals surface area (Å²) < 4.78 is 17.4. The van der Waals surface area contributed by atoms with Gasteiger partial charge in [0.25, 0.3) is 0 Å². The van der Waals surface area contributed by atoms with E-state index in [0.717, 1.165) is 18.8 Å². The van der Waals surface area contributed by atoms with Crippen molar-refractivity contribution in [3.8, 4) is 0 Å². The summed E-state index contributed by atoms with van der Waals surface area (Å²) in [7, 11) is 0. The Labute approximate surface area is 204 Å². The van der Waals surface area contributed by atoms with Crippen LogP contribution < -0.4 is 0 Å². The molecule has 7 unspecified atom stereocenters. The van der Waals surface area contributed by atoms with Gasteiger partial charge in [-0.2, -0.15) is 0 Å². The predicted octanol–water partition coefficient (Wildman–Crippen LogP) is 5.32. The smallest absolute Gasteiger partial charge is 0.303 e. The van der Waals surface area contributed by atoms with Gasteiger partial charge in [-0.1, -0.05) is 27.7 Å². The lowest BCUT2D eigenvalue weighted by Gasteiger charge is -2.63. The summed E-state index contributed by atoms with van der Waals surface area (Å²) in [5, 5.41) is 0. The van der Waals surface area contributed by atoms with Crippen LogP contribution in [0.5, 0.6) is 0 Å². The molecule has 4 aliphatic rings. The van der Waals surface area contributed by atoms with Gasteiger partial charge in [0.2, 0.25) is 0 Å². The molecule has 4 fully saturated rings. The van der Waals surface area contributed by atoms with E-state index in [1.807, 2.05) is 0 Å². The van der Waals surface area contributed by atoms with E-state index in [4.69, 9.17) is 14.2 Å². The number of carbonyl (C=O) groups excluding carboxylic acids is 3. The Morgan fingerprint density at radius 1 is 0.706 bits per heavy atom. The zero-order valence-corrected chi connectivity index (χ0v) is 22.1. The second kappa shape index (κ2) is 9.13. The third kappa shape index (κ3) is 4.28. The van der Waals surface area contributed by atoms with Gasteiger partial charge in [-0.25, -0.2) is 0 Å². The lowest BCUT2D eigenvalue weighted by Crippen LogP contribution is -2.62. The first-order valence-electron chi connectivity index (χ1n) is 13.4. The van der Waals surface area contributed by atoms with Crippen LogP contribution in [0.2, 0.25) is 0 Å². The largest absolute Gasteiger partial charge is 0.462 e. The number of hydrogen-bond acceptors (Lipinski definition) is 6. The van der Waals surface area contributed by atoms with Crippen molar-refractivity contribution in [1.29, 1.82) is 0 Å². The molecule has 0 radical (unpaired) electrons. The third-order valence-corrected chi connectivity index (χ3v) is 10.5. The minimum absolute atomic E-state index is 0.0838. The van der Waals surface area contributed by atoms with E-state index < -0.39 is 12.2 Å². The van der Waals surface area contributed by atoms with Gasteiger partial charge >= 0.3 is 17.9 Å². The maximum Gasteiger partial charge on any atom is 0.303 e. The van der Waals surface area contributed by atoms with Gasteiger partial charge in [-0.3, -0.25) is 14.4 Å². The van der Waals surface area contributed by atoms with Gasteiger partial charge < -0.3 is 14.2 Å². The molecule has 6 nitrogen and oxygen atoms in total. The van der Waals surface area contributed by atoms with E-state index in [2.05, 4.69) is 27.7 Å². The fraction of sp³-hybridized carbons (Fsp3) is 0.893. The van der Waals surface area contributed by atoms with Crippen LogP contribution in [-0.4, -0.2) is 36.2 Å². The van der Waals surface area contributed by atoms with Gasteiger partial charge in [-0.05, 0) is 85.4 Å². The Kier molecular flexibility index (Phi) is 6.85. The third-order valence-electron chi connectivity index (χ3n) is 10.5. The van der Waals surface area contributed by atoms with Crippen LogP contribution in [0, 0.1) is 46.3 Å². The second-order valence-corrected chi connectivity index (χ2v) is 12.6. The van der Waals surface area contributed by atoms with E-state index in [1.165, 1.54) is 40.0 Å². The van der Waals surface area contributed by atoms with Crippen LogP contribution in [0.15, 0.2) is 0 Å². The highest BCUT2D eigenvalue weighted by Gasteiger charge is 2.64. The van der Waals surface area contributed by atoms with Gasteiger partial charge in [0.15, 0.2) is 0 Å². The van der Waals surface area contributed by atoms with E-state index in [9.17, 15) is 14.4 Å². The molecule has 4 saturated carbocycles. The molecule has 0 aliphatic heterocycles. The fourth-order valence-electron chi connectivity index (χ4n) is 9.40. The van der Waals surface area contributed by atoms with Crippen molar-refractivity contribution in [3.63, 3.8) is 0 Å². The molecule has 0 aromatic rings. The number of fused-ring (bicyclic) bond motifs is 5. The van der Waals surface area contributed by atoms with Crippen LogP contribution >= 0.6 is 0 Å². The molecule has 192 valence electrons. The summed E-state index contributed by atoms with van der Waals surface area (Å²) in [5.74, 6) is 2.15. The first-order valence-corrected chi connectivity index (χ1v) is 13.4. The highest BCUT2D eigenvalue weighted by atomic mass is 16.6. The SMILES string of the molecule is CC(=O)O[C@H]1CC2C3CCC(C(C)C)C3(C)CCC2C2(C)C[C@H](OC(C)=O)[C@@H](OC(C)=O)CC12. The van der Waals surface area contributed by atoms with Crippen LogP contribution in [0.3, 0.4) is 0 Å². The molecule has 34 heavy (non-hydrogen) atoms. The molecule has 0 aromatic carbocycles. The maximum absolute atomic E-state index is 12.2. The second-order valence-electron chi connectivity index (χ2n) is 12.6. The van der Waals surface area contributed by atoms with Crippen molar-refractivity contribution in [1.82, 2.24) is 0 Å². The summed E-state index contributed by atoms with van der Waals surface area (Å²) in [6, 6.07) is 0. The molecule has 0 amide bonds. The minimum atomic E-state index is -0.500. The Balaban J connectivity index is 1.70. The number of esters is 3. The van der Waals surface area contributed by atoms with Crippen molar-refractivity contribution in [3.05, 3.63) is 0 Å².